The van der Waals surface area contributed by atoms with Gasteiger partial charge in [-0.3, -0.25) is 9.48 Å². The van der Waals surface area contributed by atoms with Gasteiger partial charge in [0.25, 0.3) is 5.91 Å². The molecule has 29 heavy (non-hydrogen) atoms. The highest BCUT2D eigenvalue weighted by atomic mass is 32.1. The molecule has 3 aromatic rings. The van der Waals surface area contributed by atoms with Crippen LogP contribution in [0.4, 0.5) is 0 Å². The highest BCUT2D eigenvalue weighted by molar-refractivity contribution is 7.20. The number of rotatable bonds is 5. The van der Waals surface area contributed by atoms with Crippen molar-refractivity contribution in [2.24, 2.45) is 0 Å². The molecule has 2 heterocycles. The Hall–Kier alpha value is -2.67. The summed E-state index contributed by atoms with van der Waals surface area (Å²) in [4.78, 5) is 26.2. The molecule has 7 heteroatoms. The number of carbonyl (C=O) groups is 2. The van der Waals surface area contributed by atoms with Crippen molar-refractivity contribution in [1.29, 1.82) is 0 Å². The van der Waals surface area contributed by atoms with Gasteiger partial charge in [-0.15, -0.1) is 11.3 Å². The lowest BCUT2D eigenvalue weighted by atomic mass is 10.1. The van der Waals surface area contributed by atoms with E-state index in [1.807, 2.05) is 32.4 Å². The van der Waals surface area contributed by atoms with Crippen LogP contribution < -0.4 is 5.32 Å². The summed E-state index contributed by atoms with van der Waals surface area (Å²) in [5.41, 5.74) is 2.83. The molecule has 1 aromatic carbocycles. The second kappa shape index (κ2) is 7.99. The number of benzene rings is 1. The Balaban J connectivity index is 1.78. The van der Waals surface area contributed by atoms with E-state index >= 15 is 0 Å². The molecule has 0 bridgehead atoms. The quantitative estimate of drug-likeness (QED) is 0.636. The van der Waals surface area contributed by atoms with Gasteiger partial charge >= 0.3 is 5.97 Å². The van der Waals surface area contributed by atoms with Crippen molar-refractivity contribution in [2.75, 3.05) is 0 Å². The molecular formula is C22H27N3O3S. The smallest absolute Gasteiger partial charge is 0.349 e. The lowest BCUT2D eigenvalue weighted by Crippen LogP contribution is -2.46. The summed E-state index contributed by atoms with van der Waals surface area (Å²) in [6.07, 6.45) is -0.864. The van der Waals surface area contributed by atoms with Crippen LogP contribution in [-0.4, -0.2) is 33.3 Å². The van der Waals surface area contributed by atoms with Crippen LogP contribution in [-0.2, 0) is 16.1 Å². The first-order valence-electron chi connectivity index (χ1n) is 9.59. The minimum atomic E-state index is -0.864. The van der Waals surface area contributed by atoms with Crippen LogP contribution in [0.25, 0.3) is 10.2 Å². The SMILES string of the molecule is Cc1ccc(Cn2nc(C)c3cc(C(=O)O[C@H](C)C(=O)NC(C)(C)C)sc32)cc1. The van der Waals surface area contributed by atoms with Gasteiger partial charge in [-0.05, 0) is 53.2 Å². The Morgan fingerprint density at radius 2 is 1.86 bits per heavy atom. The third kappa shape index (κ3) is 5.03. The lowest BCUT2D eigenvalue weighted by Gasteiger charge is -2.23. The van der Waals surface area contributed by atoms with Crippen LogP contribution in [0.2, 0.25) is 0 Å². The van der Waals surface area contributed by atoms with Crippen LogP contribution in [0.15, 0.2) is 30.3 Å². The molecule has 0 saturated heterocycles. The van der Waals surface area contributed by atoms with E-state index in [0.717, 1.165) is 21.5 Å². The topological polar surface area (TPSA) is 73.2 Å². The molecule has 1 amide bonds. The first-order valence-corrected chi connectivity index (χ1v) is 10.4. The molecule has 0 radical (unpaired) electrons. The van der Waals surface area contributed by atoms with Gasteiger partial charge in [0.2, 0.25) is 0 Å². The number of hydrogen-bond donors (Lipinski definition) is 1. The first kappa shape index (κ1) is 21.0. The fraction of sp³-hybridized carbons (Fsp3) is 0.409. The van der Waals surface area contributed by atoms with E-state index in [9.17, 15) is 9.59 Å². The molecule has 0 spiro atoms. The minimum Gasteiger partial charge on any atom is -0.448 e. The molecule has 1 N–H and O–H groups in total. The predicted molar refractivity (Wildman–Crippen MR) is 115 cm³/mol. The number of thiophene rings is 1. The number of carbonyl (C=O) groups excluding carboxylic acids is 2. The molecular weight excluding hydrogens is 386 g/mol. The Morgan fingerprint density at radius 3 is 2.48 bits per heavy atom. The third-order valence-electron chi connectivity index (χ3n) is 4.41. The average molecular weight is 414 g/mol. The van der Waals surface area contributed by atoms with Gasteiger partial charge in [-0.2, -0.15) is 5.10 Å². The van der Waals surface area contributed by atoms with Crippen molar-refractivity contribution in [2.45, 2.75) is 59.7 Å². The van der Waals surface area contributed by atoms with Crippen molar-refractivity contribution in [1.82, 2.24) is 15.1 Å². The van der Waals surface area contributed by atoms with Gasteiger partial charge in [0.15, 0.2) is 6.10 Å². The minimum absolute atomic E-state index is 0.311. The van der Waals surface area contributed by atoms with E-state index in [-0.39, 0.29) is 11.4 Å². The normalized spacial score (nSPS) is 12.8. The molecule has 154 valence electrons. The van der Waals surface area contributed by atoms with Crippen LogP contribution >= 0.6 is 11.3 Å². The Kier molecular flexibility index (Phi) is 5.80. The molecule has 6 nitrogen and oxygen atoms in total. The summed E-state index contributed by atoms with van der Waals surface area (Å²) in [6, 6.07) is 10.1. The maximum absolute atomic E-state index is 12.6. The maximum atomic E-state index is 12.6. The van der Waals surface area contributed by atoms with Crippen molar-refractivity contribution >= 4 is 33.4 Å². The fourth-order valence-electron chi connectivity index (χ4n) is 2.93. The van der Waals surface area contributed by atoms with Crippen molar-refractivity contribution < 1.29 is 14.3 Å². The molecule has 0 fully saturated rings. The monoisotopic (exact) mass is 413 g/mol. The summed E-state index contributed by atoms with van der Waals surface area (Å²) in [6.45, 7) is 11.8. The number of amides is 1. The van der Waals surface area contributed by atoms with E-state index in [2.05, 4.69) is 41.6 Å². The van der Waals surface area contributed by atoms with Gasteiger partial charge in [0.1, 0.15) is 9.71 Å². The zero-order valence-corrected chi connectivity index (χ0v) is 18.5. The van der Waals surface area contributed by atoms with Crippen LogP contribution in [0.3, 0.4) is 0 Å². The summed E-state index contributed by atoms with van der Waals surface area (Å²) in [5.74, 6) is -0.808. The highest BCUT2D eigenvalue weighted by Gasteiger charge is 2.24. The Bertz CT molecular complexity index is 1040. The van der Waals surface area contributed by atoms with Crippen LogP contribution in [0.1, 0.15) is 54.2 Å². The zero-order chi connectivity index (χ0) is 21.3. The number of nitrogens with one attached hydrogen (secondary N) is 1. The molecule has 1 atom stereocenters. The van der Waals surface area contributed by atoms with Gasteiger partial charge in [0, 0.05) is 10.9 Å². The molecule has 0 aliphatic rings. The number of nitrogens with zero attached hydrogens (tertiary/aromatic N) is 2. The number of aryl methyl sites for hydroxylation is 2. The van der Waals surface area contributed by atoms with Crippen LogP contribution in [0.5, 0.6) is 0 Å². The summed E-state index contributed by atoms with van der Waals surface area (Å²) in [7, 11) is 0. The lowest BCUT2D eigenvalue weighted by molar-refractivity contribution is -0.130. The van der Waals surface area contributed by atoms with E-state index in [0.29, 0.717) is 11.4 Å². The number of esters is 1. The second-order valence-corrected chi connectivity index (χ2v) is 9.38. The number of aromatic nitrogens is 2. The van der Waals surface area contributed by atoms with Crippen molar-refractivity contribution in [3.8, 4) is 0 Å². The zero-order valence-electron chi connectivity index (χ0n) is 17.7. The van der Waals surface area contributed by atoms with E-state index in [1.54, 1.807) is 13.0 Å². The number of ether oxygens (including phenoxy) is 1. The van der Waals surface area contributed by atoms with Crippen LogP contribution in [0, 0.1) is 13.8 Å². The third-order valence-corrected chi connectivity index (χ3v) is 5.54. The largest absolute Gasteiger partial charge is 0.448 e. The summed E-state index contributed by atoms with van der Waals surface area (Å²) >= 11 is 1.34. The first-order chi connectivity index (χ1) is 13.5. The van der Waals surface area contributed by atoms with E-state index in [1.165, 1.54) is 16.9 Å². The standard InChI is InChI=1S/C22H27N3O3S/c1-13-7-9-16(10-8-13)12-25-20-17(14(2)24-25)11-18(29-20)21(27)28-15(3)19(26)23-22(4,5)6/h7-11,15H,12H2,1-6H3,(H,23,26)/t15-/m1/s1. The van der Waals surface area contributed by atoms with Gasteiger partial charge < -0.3 is 10.1 Å². The maximum Gasteiger partial charge on any atom is 0.349 e. The van der Waals surface area contributed by atoms with E-state index in [4.69, 9.17) is 4.74 Å². The molecule has 0 unspecified atom stereocenters. The van der Waals surface area contributed by atoms with Gasteiger partial charge in [0.05, 0.1) is 12.2 Å². The Labute approximate surface area is 174 Å². The number of hydrogen-bond acceptors (Lipinski definition) is 5. The summed E-state index contributed by atoms with van der Waals surface area (Å²) < 4.78 is 7.29. The predicted octanol–water partition coefficient (Wildman–Crippen LogP) is 4.22. The Morgan fingerprint density at radius 1 is 1.21 bits per heavy atom. The average Bonchev–Trinajstić information content (AvgIpc) is 3.17. The van der Waals surface area contributed by atoms with Gasteiger partial charge in [-0.1, -0.05) is 29.8 Å². The van der Waals surface area contributed by atoms with Crippen molar-refractivity contribution in [3.05, 3.63) is 52.0 Å². The number of fused-ring (bicyclic) bond motifs is 1. The van der Waals surface area contributed by atoms with E-state index < -0.39 is 12.1 Å². The highest BCUT2D eigenvalue weighted by Crippen LogP contribution is 2.29. The molecule has 2 aromatic heterocycles. The fourth-order valence-corrected chi connectivity index (χ4v) is 3.97. The second-order valence-electron chi connectivity index (χ2n) is 8.34. The van der Waals surface area contributed by atoms with Crippen molar-refractivity contribution in [3.63, 3.8) is 0 Å². The summed E-state index contributed by atoms with van der Waals surface area (Å²) in [5, 5.41) is 8.36. The molecule has 0 saturated carbocycles. The van der Waals surface area contributed by atoms with Gasteiger partial charge in [-0.25, -0.2) is 4.79 Å². The molecule has 0 aliphatic heterocycles. The molecule has 3 rings (SSSR count). The molecule has 0 aliphatic carbocycles.